The van der Waals surface area contributed by atoms with Crippen LogP contribution >= 0.6 is 0 Å². The smallest absolute Gasteiger partial charge is 0.259 e. The fraction of sp³-hybridized carbons (Fsp3) is 0.250. The maximum absolute atomic E-state index is 12.1. The van der Waals surface area contributed by atoms with Crippen LogP contribution in [-0.2, 0) is 9.84 Å². The molecule has 0 atom stereocenters. The van der Waals surface area contributed by atoms with Crippen molar-refractivity contribution in [2.24, 2.45) is 0 Å². The number of carbonyl (C=O) groups is 1. The van der Waals surface area contributed by atoms with E-state index in [1.807, 2.05) is 0 Å². The standard InChI is InChI=1S/C12H14N4O3S/c1-3-20(18,19)10-7-5-4-6-9(10)11(17)14-12-13-8(2)15-16-12/h4-7H,3H2,1-2H3,(H2,13,14,15,16,17). The Hall–Kier alpha value is -2.22. The number of aromatic nitrogens is 3. The largest absolute Gasteiger partial charge is 0.289 e. The molecule has 1 amide bonds. The molecule has 0 aliphatic heterocycles. The Morgan fingerprint density at radius 2 is 2.05 bits per heavy atom. The number of hydrogen-bond acceptors (Lipinski definition) is 5. The molecule has 8 heteroatoms. The first-order valence-corrected chi connectivity index (χ1v) is 7.61. The Kier molecular flexibility index (Phi) is 3.84. The van der Waals surface area contributed by atoms with Crippen molar-refractivity contribution in [3.05, 3.63) is 35.7 Å². The summed E-state index contributed by atoms with van der Waals surface area (Å²) in [6.07, 6.45) is 0. The molecule has 0 saturated carbocycles. The SMILES string of the molecule is CCS(=O)(=O)c1ccccc1C(=O)Nc1n[nH]c(C)n1. The molecular formula is C12H14N4O3S. The average molecular weight is 294 g/mol. The number of rotatable bonds is 4. The molecule has 0 saturated heterocycles. The van der Waals surface area contributed by atoms with Gasteiger partial charge in [0.25, 0.3) is 5.91 Å². The van der Waals surface area contributed by atoms with Gasteiger partial charge in [0, 0.05) is 0 Å². The summed E-state index contributed by atoms with van der Waals surface area (Å²) in [7, 11) is -3.47. The second-order valence-electron chi connectivity index (χ2n) is 4.10. The number of carbonyl (C=O) groups excluding carboxylic acids is 1. The zero-order chi connectivity index (χ0) is 14.8. The number of hydrogen-bond donors (Lipinski definition) is 2. The minimum absolute atomic E-state index is 0.00672. The predicted molar refractivity (Wildman–Crippen MR) is 73.2 cm³/mol. The van der Waals surface area contributed by atoms with Gasteiger partial charge in [-0.25, -0.2) is 8.42 Å². The van der Waals surface area contributed by atoms with Crippen LogP contribution < -0.4 is 5.32 Å². The van der Waals surface area contributed by atoms with Crippen LogP contribution in [0.4, 0.5) is 5.95 Å². The minimum Gasteiger partial charge on any atom is -0.289 e. The highest BCUT2D eigenvalue weighted by Gasteiger charge is 2.21. The third-order valence-electron chi connectivity index (χ3n) is 2.67. The number of nitrogens with zero attached hydrogens (tertiary/aromatic N) is 2. The predicted octanol–water partition coefficient (Wildman–Crippen LogP) is 1.16. The fourth-order valence-corrected chi connectivity index (χ4v) is 2.74. The summed E-state index contributed by atoms with van der Waals surface area (Å²) >= 11 is 0. The molecular weight excluding hydrogens is 280 g/mol. The first kappa shape index (κ1) is 14.2. The first-order chi connectivity index (χ1) is 9.44. The van der Waals surface area contributed by atoms with Gasteiger partial charge in [0.15, 0.2) is 9.84 Å². The van der Waals surface area contributed by atoms with E-state index in [9.17, 15) is 13.2 Å². The monoisotopic (exact) mass is 294 g/mol. The number of nitrogens with one attached hydrogen (secondary N) is 2. The topological polar surface area (TPSA) is 105 Å². The van der Waals surface area contributed by atoms with Gasteiger partial charge in [0.05, 0.1) is 16.2 Å². The Morgan fingerprint density at radius 3 is 2.65 bits per heavy atom. The summed E-state index contributed by atoms with van der Waals surface area (Å²) < 4.78 is 23.9. The number of amides is 1. The molecule has 1 aromatic heterocycles. The quantitative estimate of drug-likeness (QED) is 0.880. The molecule has 0 spiro atoms. The van der Waals surface area contributed by atoms with Crippen LogP contribution in [0.25, 0.3) is 0 Å². The first-order valence-electron chi connectivity index (χ1n) is 5.96. The van der Waals surface area contributed by atoms with Gasteiger partial charge in [0.2, 0.25) is 5.95 Å². The van der Waals surface area contributed by atoms with Crippen molar-refractivity contribution >= 4 is 21.7 Å². The van der Waals surface area contributed by atoms with Crippen LogP contribution in [0.1, 0.15) is 23.1 Å². The van der Waals surface area contributed by atoms with Crippen molar-refractivity contribution in [3.63, 3.8) is 0 Å². The zero-order valence-corrected chi connectivity index (χ0v) is 11.9. The van der Waals surface area contributed by atoms with Crippen LogP contribution in [-0.4, -0.2) is 35.3 Å². The maximum Gasteiger partial charge on any atom is 0.259 e. The molecule has 2 rings (SSSR count). The molecule has 0 unspecified atom stereocenters. The van der Waals surface area contributed by atoms with Crippen molar-refractivity contribution in [3.8, 4) is 0 Å². The summed E-state index contributed by atoms with van der Waals surface area (Å²) in [5, 5.41) is 8.82. The summed E-state index contributed by atoms with van der Waals surface area (Å²) in [5.74, 6) is 0.0273. The van der Waals surface area contributed by atoms with Gasteiger partial charge in [-0.05, 0) is 19.1 Å². The van der Waals surface area contributed by atoms with E-state index in [0.717, 1.165) is 0 Å². The van der Waals surface area contributed by atoms with Crippen LogP contribution in [0.2, 0.25) is 0 Å². The molecule has 0 radical (unpaired) electrons. The van der Waals surface area contributed by atoms with E-state index >= 15 is 0 Å². The van der Waals surface area contributed by atoms with Crippen molar-refractivity contribution < 1.29 is 13.2 Å². The van der Waals surface area contributed by atoms with E-state index in [4.69, 9.17) is 0 Å². The molecule has 106 valence electrons. The molecule has 2 N–H and O–H groups in total. The van der Waals surface area contributed by atoms with E-state index in [2.05, 4.69) is 20.5 Å². The summed E-state index contributed by atoms with van der Waals surface area (Å²) in [6.45, 7) is 3.22. The van der Waals surface area contributed by atoms with Crippen LogP contribution in [0.15, 0.2) is 29.2 Å². The van der Waals surface area contributed by atoms with Crippen LogP contribution in [0, 0.1) is 6.92 Å². The van der Waals surface area contributed by atoms with Gasteiger partial charge >= 0.3 is 0 Å². The summed E-state index contributed by atoms with van der Waals surface area (Å²) in [4.78, 5) is 16.1. The van der Waals surface area contributed by atoms with Crippen molar-refractivity contribution in [1.82, 2.24) is 15.2 Å². The van der Waals surface area contributed by atoms with Gasteiger partial charge in [-0.15, -0.1) is 5.10 Å². The van der Waals surface area contributed by atoms with Gasteiger partial charge in [0.1, 0.15) is 5.82 Å². The Balaban J connectivity index is 2.36. The lowest BCUT2D eigenvalue weighted by atomic mass is 10.2. The van der Waals surface area contributed by atoms with Gasteiger partial charge < -0.3 is 0 Å². The van der Waals surface area contributed by atoms with Crippen molar-refractivity contribution in [1.29, 1.82) is 0 Å². The van der Waals surface area contributed by atoms with E-state index < -0.39 is 15.7 Å². The minimum atomic E-state index is -3.47. The number of H-pyrrole nitrogens is 1. The van der Waals surface area contributed by atoms with Crippen molar-refractivity contribution in [2.75, 3.05) is 11.1 Å². The van der Waals surface area contributed by atoms with Gasteiger partial charge in [-0.1, -0.05) is 19.1 Å². The molecule has 7 nitrogen and oxygen atoms in total. The van der Waals surface area contributed by atoms with E-state index in [-0.39, 0.29) is 22.2 Å². The second kappa shape index (κ2) is 5.41. The maximum atomic E-state index is 12.1. The third kappa shape index (κ3) is 2.85. The zero-order valence-electron chi connectivity index (χ0n) is 11.0. The fourth-order valence-electron chi connectivity index (χ4n) is 1.65. The molecule has 0 fully saturated rings. The third-order valence-corrected chi connectivity index (χ3v) is 4.46. The van der Waals surface area contributed by atoms with Gasteiger partial charge in [-0.2, -0.15) is 4.98 Å². The number of aromatic amines is 1. The summed E-state index contributed by atoms with van der Waals surface area (Å²) in [6, 6.07) is 6.05. The van der Waals surface area contributed by atoms with E-state index in [1.165, 1.54) is 19.1 Å². The van der Waals surface area contributed by atoms with Crippen LogP contribution in [0.3, 0.4) is 0 Å². The number of anilines is 1. The lowest BCUT2D eigenvalue weighted by Crippen LogP contribution is -2.18. The van der Waals surface area contributed by atoms with Gasteiger partial charge in [-0.3, -0.25) is 15.2 Å². The van der Waals surface area contributed by atoms with E-state index in [0.29, 0.717) is 5.82 Å². The molecule has 0 aliphatic carbocycles. The molecule has 0 aliphatic rings. The number of sulfone groups is 1. The second-order valence-corrected chi connectivity index (χ2v) is 6.34. The number of benzene rings is 1. The Bertz CT molecular complexity index is 737. The highest BCUT2D eigenvalue weighted by Crippen LogP contribution is 2.18. The molecule has 20 heavy (non-hydrogen) atoms. The molecule has 2 aromatic rings. The highest BCUT2D eigenvalue weighted by molar-refractivity contribution is 7.91. The van der Waals surface area contributed by atoms with Crippen LogP contribution in [0.5, 0.6) is 0 Å². The van der Waals surface area contributed by atoms with Crippen molar-refractivity contribution in [2.45, 2.75) is 18.7 Å². The Labute approximate surface area is 116 Å². The highest BCUT2D eigenvalue weighted by atomic mass is 32.2. The lowest BCUT2D eigenvalue weighted by Gasteiger charge is -2.08. The lowest BCUT2D eigenvalue weighted by molar-refractivity contribution is 0.102. The number of aryl methyl sites for hydroxylation is 1. The normalized spacial score (nSPS) is 11.3. The molecule has 1 aromatic carbocycles. The summed E-state index contributed by atoms with van der Waals surface area (Å²) in [5.41, 5.74) is 0.0804. The average Bonchev–Trinajstić information content (AvgIpc) is 2.84. The molecule has 0 bridgehead atoms. The Morgan fingerprint density at radius 1 is 1.35 bits per heavy atom. The van der Waals surface area contributed by atoms with E-state index in [1.54, 1.807) is 19.1 Å². The molecule has 1 heterocycles.